The molecule has 1 aromatic heterocycles. The number of para-hydroxylation sites is 1. The zero-order chi connectivity index (χ0) is 13.4. The molecule has 0 bridgehead atoms. The SMILES string of the molecule is Cn1ncc(C2CC2)c1C(=O)Nc1ccccc1Cl. The maximum atomic E-state index is 12.4. The van der Waals surface area contributed by atoms with E-state index in [9.17, 15) is 4.79 Å². The molecule has 5 heteroatoms. The van der Waals surface area contributed by atoms with Gasteiger partial charge in [-0.3, -0.25) is 9.48 Å². The van der Waals surface area contributed by atoms with E-state index in [2.05, 4.69) is 10.4 Å². The molecule has 0 unspecified atom stereocenters. The van der Waals surface area contributed by atoms with Gasteiger partial charge in [0.2, 0.25) is 0 Å². The number of carbonyl (C=O) groups is 1. The lowest BCUT2D eigenvalue weighted by Crippen LogP contribution is -2.18. The van der Waals surface area contributed by atoms with Gasteiger partial charge in [0.05, 0.1) is 16.9 Å². The molecule has 98 valence electrons. The summed E-state index contributed by atoms with van der Waals surface area (Å²) < 4.78 is 1.62. The summed E-state index contributed by atoms with van der Waals surface area (Å²) in [5.74, 6) is 0.329. The second-order valence-corrected chi connectivity index (χ2v) is 5.19. The summed E-state index contributed by atoms with van der Waals surface area (Å²) in [7, 11) is 1.79. The second kappa shape index (κ2) is 4.70. The summed E-state index contributed by atoms with van der Waals surface area (Å²) >= 11 is 6.05. The topological polar surface area (TPSA) is 46.9 Å². The summed E-state index contributed by atoms with van der Waals surface area (Å²) in [6, 6.07) is 7.21. The lowest BCUT2D eigenvalue weighted by atomic mass is 10.1. The third-order valence-electron chi connectivity index (χ3n) is 3.32. The van der Waals surface area contributed by atoms with Crippen LogP contribution in [0.1, 0.15) is 34.8 Å². The average Bonchev–Trinajstić information content (AvgIpc) is 3.15. The maximum absolute atomic E-state index is 12.4. The van der Waals surface area contributed by atoms with E-state index in [1.54, 1.807) is 30.1 Å². The summed E-state index contributed by atoms with van der Waals surface area (Å²) in [5, 5.41) is 7.56. The predicted octanol–water partition coefficient (Wildman–Crippen LogP) is 3.20. The summed E-state index contributed by atoms with van der Waals surface area (Å²) in [6.07, 6.45) is 4.06. The van der Waals surface area contributed by atoms with Gasteiger partial charge < -0.3 is 5.32 Å². The van der Waals surface area contributed by atoms with Crippen LogP contribution in [0.5, 0.6) is 0 Å². The van der Waals surface area contributed by atoms with Crippen molar-refractivity contribution in [1.29, 1.82) is 0 Å². The molecule has 1 aromatic carbocycles. The lowest BCUT2D eigenvalue weighted by Gasteiger charge is -2.08. The van der Waals surface area contributed by atoms with Gasteiger partial charge in [-0.1, -0.05) is 23.7 Å². The van der Waals surface area contributed by atoms with Gasteiger partial charge in [-0.05, 0) is 30.9 Å². The van der Waals surface area contributed by atoms with Gasteiger partial charge in [0.25, 0.3) is 5.91 Å². The largest absolute Gasteiger partial charge is 0.319 e. The minimum Gasteiger partial charge on any atom is -0.319 e. The molecule has 1 aliphatic rings. The van der Waals surface area contributed by atoms with Crippen LogP contribution in [0.4, 0.5) is 5.69 Å². The van der Waals surface area contributed by atoms with Crippen LogP contribution in [0.2, 0.25) is 5.02 Å². The van der Waals surface area contributed by atoms with Crippen LogP contribution in [-0.4, -0.2) is 15.7 Å². The molecule has 0 aliphatic heterocycles. The summed E-state index contributed by atoms with van der Waals surface area (Å²) in [6.45, 7) is 0. The molecule has 0 saturated heterocycles. The van der Waals surface area contributed by atoms with Crippen LogP contribution < -0.4 is 5.32 Å². The Hall–Kier alpha value is -1.81. The Morgan fingerprint density at radius 2 is 2.16 bits per heavy atom. The van der Waals surface area contributed by atoms with Gasteiger partial charge in [0.15, 0.2) is 0 Å². The average molecular weight is 276 g/mol. The number of rotatable bonds is 3. The third kappa shape index (κ3) is 2.36. The summed E-state index contributed by atoms with van der Waals surface area (Å²) in [4.78, 5) is 12.4. The number of hydrogen-bond donors (Lipinski definition) is 1. The fraction of sp³-hybridized carbons (Fsp3) is 0.286. The van der Waals surface area contributed by atoms with Gasteiger partial charge in [0, 0.05) is 12.6 Å². The number of nitrogens with zero attached hydrogens (tertiary/aromatic N) is 2. The van der Waals surface area contributed by atoms with Gasteiger partial charge in [0.1, 0.15) is 5.69 Å². The molecule has 3 rings (SSSR count). The number of nitrogens with one attached hydrogen (secondary N) is 1. The van der Waals surface area contributed by atoms with Crippen molar-refractivity contribution in [3.8, 4) is 0 Å². The van der Waals surface area contributed by atoms with Crippen LogP contribution in [0.15, 0.2) is 30.5 Å². The van der Waals surface area contributed by atoms with E-state index in [0.29, 0.717) is 22.3 Å². The number of carbonyl (C=O) groups excluding carboxylic acids is 1. The van der Waals surface area contributed by atoms with Crippen molar-refractivity contribution in [2.75, 3.05) is 5.32 Å². The van der Waals surface area contributed by atoms with E-state index < -0.39 is 0 Å². The van der Waals surface area contributed by atoms with Crippen LogP contribution in [-0.2, 0) is 7.05 Å². The van der Waals surface area contributed by atoms with E-state index in [-0.39, 0.29) is 5.91 Å². The first-order valence-corrected chi connectivity index (χ1v) is 6.62. The van der Waals surface area contributed by atoms with E-state index in [1.807, 2.05) is 12.1 Å². The van der Waals surface area contributed by atoms with Crippen molar-refractivity contribution >= 4 is 23.2 Å². The molecule has 1 saturated carbocycles. The van der Waals surface area contributed by atoms with E-state index in [4.69, 9.17) is 11.6 Å². The van der Waals surface area contributed by atoms with Gasteiger partial charge >= 0.3 is 0 Å². The molecule has 1 amide bonds. The first-order valence-electron chi connectivity index (χ1n) is 6.24. The van der Waals surface area contributed by atoms with Crippen LogP contribution in [0.25, 0.3) is 0 Å². The monoisotopic (exact) mass is 275 g/mol. The van der Waals surface area contributed by atoms with Gasteiger partial charge in [-0.25, -0.2) is 0 Å². The fourth-order valence-corrected chi connectivity index (χ4v) is 2.35. The minimum atomic E-state index is -0.157. The number of aryl methyl sites for hydroxylation is 1. The standard InChI is InChI=1S/C14H14ClN3O/c1-18-13(10(8-16-18)9-6-7-9)14(19)17-12-5-3-2-4-11(12)15/h2-5,8-9H,6-7H2,1H3,(H,17,19). The molecule has 0 atom stereocenters. The number of anilines is 1. The highest BCUT2D eigenvalue weighted by Crippen LogP contribution is 2.41. The molecular weight excluding hydrogens is 262 g/mol. The van der Waals surface area contributed by atoms with Crippen molar-refractivity contribution < 1.29 is 4.79 Å². The molecule has 1 aliphatic carbocycles. The smallest absolute Gasteiger partial charge is 0.274 e. The molecule has 0 radical (unpaired) electrons. The highest BCUT2D eigenvalue weighted by atomic mass is 35.5. The Bertz CT molecular complexity index is 631. The molecule has 1 heterocycles. The Morgan fingerprint density at radius 1 is 1.42 bits per heavy atom. The Labute approximate surface area is 116 Å². The quantitative estimate of drug-likeness (QED) is 0.935. The van der Waals surface area contributed by atoms with E-state index >= 15 is 0 Å². The first-order chi connectivity index (χ1) is 9.16. The van der Waals surface area contributed by atoms with E-state index in [0.717, 1.165) is 18.4 Å². The molecular formula is C14H14ClN3O. The van der Waals surface area contributed by atoms with Gasteiger partial charge in [-0.2, -0.15) is 5.10 Å². The number of hydrogen-bond acceptors (Lipinski definition) is 2. The molecule has 1 N–H and O–H groups in total. The molecule has 2 aromatic rings. The molecule has 4 nitrogen and oxygen atoms in total. The number of benzene rings is 1. The second-order valence-electron chi connectivity index (χ2n) is 4.78. The normalized spacial score (nSPS) is 14.4. The van der Waals surface area contributed by atoms with Crippen molar-refractivity contribution in [2.24, 2.45) is 7.05 Å². The van der Waals surface area contributed by atoms with E-state index in [1.165, 1.54) is 0 Å². The molecule has 1 fully saturated rings. The molecule has 19 heavy (non-hydrogen) atoms. The Kier molecular flexibility index (Phi) is 3.03. The third-order valence-corrected chi connectivity index (χ3v) is 3.65. The Morgan fingerprint density at radius 3 is 2.84 bits per heavy atom. The first kappa shape index (κ1) is 12.2. The van der Waals surface area contributed by atoms with Crippen LogP contribution in [0, 0.1) is 0 Å². The Balaban J connectivity index is 1.88. The van der Waals surface area contributed by atoms with Crippen molar-refractivity contribution in [3.63, 3.8) is 0 Å². The summed E-state index contributed by atoms with van der Waals surface area (Å²) in [5.41, 5.74) is 2.28. The molecule has 0 spiro atoms. The highest BCUT2D eigenvalue weighted by molar-refractivity contribution is 6.33. The van der Waals surface area contributed by atoms with Gasteiger partial charge in [-0.15, -0.1) is 0 Å². The van der Waals surface area contributed by atoms with Crippen molar-refractivity contribution in [1.82, 2.24) is 9.78 Å². The lowest BCUT2D eigenvalue weighted by molar-refractivity contribution is 0.101. The van der Waals surface area contributed by atoms with Crippen LogP contribution >= 0.6 is 11.6 Å². The maximum Gasteiger partial charge on any atom is 0.274 e. The minimum absolute atomic E-state index is 0.157. The number of aromatic nitrogens is 2. The zero-order valence-electron chi connectivity index (χ0n) is 10.6. The number of amides is 1. The zero-order valence-corrected chi connectivity index (χ0v) is 11.3. The highest BCUT2D eigenvalue weighted by Gasteiger charge is 2.30. The van der Waals surface area contributed by atoms with Crippen LogP contribution in [0.3, 0.4) is 0 Å². The predicted molar refractivity (Wildman–Crippen MR) is 74.6 cm³/mol. The number of halogens is 1. The van der Waals surface area contributed by atoms with Crippen molar-refractivity contribution in [2.45, 2.75) is 18.8 Å². The van der Waals surface area contributed by atoms with Crippen molar-refractivity contribution in [3.05, 3.63) is 46.7 Å². The fourth-order valence-electron chi connectivity index (χ4n) is 2.17.